The van der Waals surface area contributed by atoms with E-state index in [-0.39, 0.29) is 25.7 Å². The van der Waals surface area contributed by atoms with E-state index in [2.05, 4.69) is 15.5 Å². The Hall–Kier alpha value is -2.45. The number of nitrogens with one attached hydrogen (secondary N) is 1. The molecule has 0 fully saturated rings. The van der Waals surface area contributed by atoms with E-state index < -0.39 is 6.10 Å². The van der Waals surface area contributed by atoms with Gasteiger partial charge in [-0.2, -0.15) is 0 Å². The molecule has 0 saturated carbocycles. The molecule has 2 amide bonds. The number of carbonyl (C=O) groups excluding carboxylic acids is 1. The van der Waals surface area contributed by atoms with Gasteiger partial charge in [-0.1, -0.05) is 18.2 Å². The fraction of sp³-hybridized carbons (Fsp3) is 0.400. The molecule has 1 aromatic carbocycles. The van der Waals surface area contributed by atoms with Crippen molar-refractivity contribution in [2.24, 2.45) is 0 Å². The van der Waals surface area contributed by atoms with Crippen molar-refractivity contribution in [1.82, 2.24) is 25.0 Å². The van der Waals surface area contributed by atoms with Crippen LogP contribution in [0.15, 0.2) is 36.7 Å². The lowest BCUT2D eigenvalue weighted by Gasteiger charge is -2.20. The molecule has 0 saturated heterocycles. The predicted molar refractivity (Wildman–Crippen MR) is 84.1 cm³/mol. The molecule has 8 nitrogen and oxygen atoms in total. The van der Waals surface area contributed by atoms with Gasteiger partial charge < -0.3 is 20.1 Å². The second-order valence-electron chi connectivity index (χ2n) is 5.10. The smallest absolute Gasteiger partial charge is 0.317 e. The van der Waals surface area contributed by atoms with E-state index in [1.807, 2.05) is 30.3 Å². The number of aliphatic hydroxyl groups excluding tert-OH is 1. The standard InChI is InChI=1S/C15H21N5O3/c1-19(9-13(21)10-23-2)15(22)16-8-14-18-17-11-20(14)12-6-4-3-5-7-12/h3-7,11,13,21H,8-10H2,1-2H3,(H,16,22)/t13-/m0/s1. The molecule has 0 unspecified atom stereocenters. The zero-order valence-corrected chi connectivity index (χ0v) is 13.2. The molecule has 124 valence electrons. The van der Waals surface area contributed by atoms with Gasteiger partial charge in [0.25, 0.3) is 0 Å². The van der Waals surface area contributed by atoms with Gasteiger partial charge in [-0.25, -0.2) is 4.79 Å². The van der Waals surface area contributed by atoms with Crippen LogP contribution in [0.4, 0.5) is 4.79 Å². The number of aromatic nitrogens is 3. The third-order valence-corrected chi connectivity index (χ3v) is 3.24. The number of hydrogen-bond donors (Lipinski definition) is 2. The highest BCUT2D eigenvalue weighted by molar-refractivity contribution is 5.73. The summed E-state index contributed by atoms with van der Waals surface area (Å²) in [5, 5.41) is 20.3. The van der Waals surface area contributed by atoms with Crippen LogP contribution in [0.5, 0.6) is 0 Å². The Morgan fingerprint density at radius 3 is 2.87 bits per heavy atom. The van der Waals surface area contributed by atoms with Crippen LogP contribution in [-0.2, 0) is 11.3 Å². The molecule has 0 bridgehead atoms. The van der Waals surface area contributed by atoms with Gasteiger partial charge in [0.2, 0.25) is 0 Å². The van der Waals surface area contributed by atoms with E-state index in [0.717, 1.165) is 5.69 Å². The lowest BCUT2D eigenvalue weighted by molar-refractivity contribution is 0.0489. The summed E-state index contributed by atoms with van der Waals surface area (Å²) in [7, 11) is 3.11. The second kappa shape index (κ2) is 8.25. The number of urea groups is 1. The average molecular weight is 319 g/mol. The van der Waals surface area contributed by atoms with E-state index in [9.17, 15) is 9.90 Å². The Morgan fingerprint density at radius 2 is 2.17 bits per heavy atom. The first-order valence-electron chi connectivity index (χ1n) is 7.22. The summed E-state index contributed by atoms with van der Waals surface area (Å²) in [6, 6.07) is 9.33. The van der Waals surface area contributed by atoms with Crippen molar-refractivity contribution in [3.05, 3.63) is 42.5 Å². The molecule has 1 heterocycles. The number of benzene rings is 1. The number of para-hydroxylation sites is 1. The molecule has 0 radical (unpaired) electrons. The maximum absolute atomic E-state index is 12.0. The topological polar surface area (TPSA) is 92.5 Å². The zero-order valence-electron chi connectivity index (χ0n) is 13.2. The van der Waals surface area contributed by atoms with Gasteiger partial charge in [0.1, 0.15) is 6.33 Å². The predicted octanol–water partition coefficient (Wildman–Crippen LogP) is 0.416. The van der Waals surface area contributed by atoms with Crippen molar-refractivity contribution >= 4 is 6.03 Å². The van der Waals surface area contributed by atoms with Crippen LogP contribution in [0.2, 0.25) is 0 Å². The van der Waals surface area contributed by atoms with Gasteiger partial charge in [0.15, 0.2) is 5.82 Å². The maximum Gasteiger partial charge on any atom is 0.317 e. The number of aliphatic hydroxyl groups is 1. The summed E-state index contributed by atoms with van der Waals surface area (Å²) in [6.07, 6.45) is 0.881. The molecule has 8 heteroatoms. The number of nitrogens with zero attached hydrogens (tertiary/aromatic N) is 4. The first kappa shape index (κ1) is 16.9. The Balaban J connectivity index is 1.92. The van der Waals surface area contributed by atoms with Crippen LogP contribution >= 0.6 is 0 Å². The summed E-state index contributed by atoms with van der Waals surface area (Å²) < 4.78 is 6.64. The summed E-state index contributed by atoms with van der Waals surface area (Å²) >= 11 is 0. The number of rotatable bonds is 7. The highest BCUT2D eigenvalue weighted by atomic mass is 16.5. The van der Waals surface area contributed by atoms with Gasteiger partial charge >= 0.3 is 6.03 Å². The summed E-state index contributed by atoms with van der Waals surface area (Å²) in [6.45, 7) is 0.601. The zero-order chi connectivity index (χ0) is 16.7. The number of hydrogen-bond acceptors (Lipinski definition) is 5. The minimum Gasteiger partial charge on any atom is -0.389 e. The van der Waals surface area contributed by atoms with Crippen LogP contribution in [-0.4, -0.2) is 64.2 Å². The summed E-state index contributed by atoms with van der Waals surface area (Å²) in [5.41, 5.74) is 0.922. The monoisotopic (exact) mass is 319 g/mol. The number of likely N-dealkylation sites (N-methyl/N-ethyl adjacent to an activating group) is 1. The highest BCUT2D eigenvalue weighted by Gasteiger charge is 2.14. The van der Waals surface area contributed by atoms with Crippen LogP contribution in [0.25, 0.3) is 5.69 Å². The quantitative estimate of drug-likeness (QED) is 0.771. The van der Waals surface area contributed by atoms with Crippen molar-refractivity contribution in [3.63, 3.8) is 0 Å². The average Bonchev–Trinajstić information content (AvgIpc) is 3.02. The van der Waals surface area contributed by atoms with Crippen molar-refractivity contribution in [2.75, 3.05) is 27.3 Å². The lowest BCUT2D eigenvalue weighted by atomic mass is 10.3. The van der Waals surface area contributed by atoms with Gasteiger partial charge in [-0.3, -0.25) is 4.57 Å². The van der Waals surface area contributed by atoms with E-state index in [1.54, 1.807) is 17.9 Å². The lowest BCUT2D eigenvalue weighted by Crippen LogP contribution is -2.42. The SMILES string of the molecule is COC[C@@H](O)CN(C)C(=O)NCc1nncn1-c1ccccc1. The molecule has 2 aromatic rings. The largest absolute Gasteiger partial charge is 0.389 e. The minimum atomic E-state index is -0.719. The molecule has 1 aromatic heterocycles. The molecule has 0 aliphatic rings. The van der Waals surface area contributed by atoms with Gasteiger partial charge in [-0.05, 0) is 12.1 Å². The Morgan fingerprint density at radius 1 is 1.43 bits per heavy atom. The fourth-order valence-corrected chi connectivity index (χ4v) is 2.12. The molecular formula is C15H21N5O3. The first-order valence-corrected chi connectivity index (χ1v) is 7.22. The van der Waals surface area contributed by atoms with Gasteiger partial charge in [0, 0.05) is 19.8 Å². The summed E-state index contributed by atoms with van der Waals surface area (Å²) in [5.74, 6) is 0.621. The Kier molecular flexibility index (Phi) is 6.07. The maximum atomic E-state index is 12.0. The number of methoxy groups -OCH3 is 1. The molecule has 23 heavy (non-hydrogen) atoms. The number of amides is 2. The van der Waals surface area contributed by atoms with E-state index in [4.69, 9.17) is 4.74 Å². The van der Waals surface area contributed by atoms with Crippen LogP contribution in [0.3, 0.4) is 0 Å². The molecule has 0 aliphatic carbocycles. The molecule has 0 aliphatic heterocycles. The number of carbonyl (C=O) groups is 1. The van der Waals surface area contributed by atoms with E-state index in [0.29, 0.717) is 5.82 Å². The van der Waals surface area contributed by atoms with Gasteiger partial charge in [-0.15, -0.1) is 10.2 Å². The minimum absolute atomic E-state index is 0.181. The Labute approximate surface area is 134 Å². The van der Waals surface area contributed by atoms with Crippen LogP contribution < -0.4 is 5.32 Å². The van der Waals surface area contributed by atoms with E-state index in [1.165, 1.54) is 12.0 Å². The van der Waals surface area contributed by atoms with Crippen molar-refractivity contribution in [1.29, 1.82) is 0 Å². The van der Waals surface area contributed by atoms with Gasteiger partial charge in [0.05, 0.1) is 25.8 Å². The van der Waals surface area contributed by atoms with Crippen LogP contribution in [0, 0.1) is 0 Å². The van der Waals surface area contributed by atoms with Crippen molar-refractivity contribution in [3.8, 4) is 5.69 Å². The second-order valence-corrected chi connectivity index (χ2v) is 5.10. The molecule has 2 rings (SSSR count). The van der Waals surface area contributed by atoms with E-state index >= 15 is 0 Å². The number of ether oxygens (including phenoxy) is 1. The molecule has 0 spiro atoms. The highest BCUT2D eigenvalue weighted by Crippen LogP contribution is 2.08. The normalized spacial score (nSPS) is 12.0. The van der Waals surface area contributed by atoms with Crippen molar-refractivity contribution < 1.29 is 14.6 Å². The fourth-order valence-electron chi connectivity index (χ4n) is 2.12. The molecule has 2 N–H and O–H groups in total. The molecular weight excluding hydrogens is 298 g/mol. The van der Waals surface area contributed by atoms with Crippen LogP contribution in [0.1, 0.15) is 5.82 Å². The molecule has 1 atom stereocenters. The summed E-state index contributed by atoms with van der Waals surface area (Å²) in [4.78, 5) is 13.4. The third kappa shape index (κ3) is 4.76. The first-order chi connectivity index (χ1) is 11.1. The third-order valence-electron chi connectivity index (χ3n) is 3.24. The van der Waals surface area contributed by atoms with Crippen molar-refractivity contribution in [2.45, 2.75) is 12.6 Å². The Bertz CT molecular complexity index is 617.